The van der Waals surface area contributed by atoms with Gasteiger partial charge in [0.2, 0.25) is 11.8 Å². The summed E-state index contributed by atoms with van der Waals surface area (Å²) in [7, 11) is 1.66. The van der Waals surface area contributed by atoms with Crippen LogP contribution in [0.15, 0.2) is 90.2 Å². The molecular weight excluding hydrogens is 781 g/mol. The van der Waals surface area contributed by atoms with E-state index in [0.717, 1.165) is 33.6 Å². The van der Waals surface area contributed by atoms with Gasteiger partial charge in [0.05, 0.1) is 23.3 Å². The molecule has 2 heterocycles. The summed E-state index contributed by atoms with van der Waals surface area (Å²) in [5.74, 6) is -0.312. The monoisotopic (exact) mass is 821 g/mol. The largest absolute Gasteiger partial charge is 0.492 e. The van der Waals surface area contributed by atoms with Crippen molar-refractivity contribution in [1.29, 1.82) is 0 Å². The van der Waals surface area contributed by atoms with Crippen LogP contribution in [0.4, 0.5) is 0 Å². The molecule has 0 aliphatic heterocycles. The highest BCUT2D eigenvalue weighted by Crippen LogP contribution is 2.41. The molecule has 5 N–H and O–H groups in total. The van der Waals surface area contributed by atoms with Gasteiger partial charge in [-0.25, -0.2) is 0 Å². The third-order valence-corrected chi connectivity index (χ3v) is 9.77. The number of aliphatic hydroxyl groups excluding tert-OH is 2. The number of benzene rings is 3. The Bertz CT molecular complexity index is 2140. The number of aromatic nitrogens is 2. The average Bonchev–Trinajstić information content (AvgIpc) is 3.20. The molecule has 56 heavy (non-hydrogen) atoms. The maximum Gasteiger partial charge on any atom is 0.326 e. The first-order chi connectivity index (χ1) is 27.1. The Morgan fingerprint density at radius 3 is 2.29 bits per heavy atom. The number of nitrogens with one attached hydrogen (secondary N) is 2. The number of carboxylic acid groups (broad SMARTS) is 1. The van der Waals surface area contributed by atoms with E-state index in [2.05, 4.69) is 25.6 Å². The van der Waals surface area contributed by atoms with Crippen LogP contribution in [0.5, 0.6) is 17.5 Å². The Hall–Kier alpha value is -4.79. The van der Waals surface area contributed by atoms with Crippen LogP contribution < -0.4 is 24.8 Å². The lowest BCUT2D eigenvalue weighted by molar-refractivity contribution is -0.145. The number of ether oxygens (including phenoxy) is 3. The average molecular weight is 823 g/mol. The number of aliphatic carboxylic acids is 1. The summed E-state index contributed by atoms with van der Waals surface area (Å²) in [5, 5.41) is 35.4. The predicted molar refractivity (Wildman–Crippen MR) is 218 cm³/mol. The molecule has 0 bridgehead atoms. The molecule has 1 atom stereocenters. The molecule has 5 rings (SSSR count). The van der Waals surface area contributed by atoms with Crippen LogP contribution in [0.2, 0.25) is 15.1 Å². The maximum atomic E-state index is 11.8. The fraction of sp³-hybridized carbons (Fsp3) is 0.268. The second-order valence-corrected chi connectivity index (χ2v) is 13.9. The van der Waals surface area contributed by atoms with E-state index in [-0.39, 0.29) is 43.1 Å². The van der Waals surface area contributed by atoms with E-state index < -0.39 is 18.1 Å². The molecule has 294 valence electrons. The molecule has 0 unspecified atom stereocenters. The van der Waals surface area contributed by atoms with E-state index in [1.165, 1.54) is 6.92 Å². The molecule has 0 amide bonds. The lowest BCUT2D eigenvalue weighted by Crippen LogP contribution is -2.52. The minimum absolute atomic E-state index is 0.00532. The molecule has 0 aliphatic rings. The molecule has 0 spiro atoms. The van der Waals surface area contributed by atoms with Gasteiger partial charge >= 0.3 is 5.97 Å². The molecular formula is C41H42Cl3N5O7. The number of nitrogens with zero attached hydrogens (tertiary/aromatic N) is 3. The lowest BCUT2D eigenvalue weighted by atomic mass is 9.97. The number of aliphatic imine (C=N–C) groups is 1. The van der Waals surface area contributed by atoms with Crippen molar-refractivity contribution in [3.8, 4) is 39.8 Å². The normalized spacial score (nSPS) is 12.4. The third kappa shape index (κ3) is 10.9. The number of hydrogen-bond acceptors (Lipinski definition) is 11. The Morgan fingerprint density at radius 2 is 1.57 bits per heavy atom. The van der Waals surface area contributed by atoms with Crippen LogP contribution in [-0.4, -0.2) is 83.0 Å². The minimum atomic E-state index is -1.63. The van der Waals surface area contributed by atoms with Crippen LogP contribution in [0.3, 0.4) is 0 Å². The highest BCUT2D eigenvalue weighted by Gasteiger charge is 2.32. The smallest absolute Gasteiger partial charge is 0.326 e. The molecule has 0 fully saturated rings. The van der Waals surface area contributed by atoms with Crippen LogP contribution in [0.1, 0.15) is 29.2 Å². The summed E-state index contributed by atoms with van der Waals surface area (Å²) >= 11 is 20.7. The van der Waals surface area contributed by atoms with Crippen molar-refractivity contribution in [2.75, 3.05) is 40.0 Å². The van der Waals surface area contributed by atoms with Crippen LogP contribution in [-0.2, 0) is 24.6 Å². The number of pyridine rings is 2. The van der Waals surface area contributed by atoms with E-state index in [9.17, 15) is 15.0 Å². The summed E-state index contributed by atoms with van der Waals surface area (Å²) in [5.41, 5.74) is 4.14. The van der Waals surface area contributed by atoms with Crippen molar-refractivity contribution < 1.29 is 34.3 Å². The van der Waals surface area contributed by atoms with Crippen molar-refractivity contribution >= 4 is 47.0 Å². The van der Waals surface area contributed by atoms with Gasteiger partial charge in [0.15, 0.2) is 0 Å². The zero-order valence-electron chi connectivity index (χ0n) is 30.8. The van der Waals surface area contributed by atoms with Crippen molar-refractivity contribution in [1.82, 2.24) is 20.6 Å². The number of aliphatic hydroxyl groups is 2. The van der Waals surface area contributed by atoms with Gasteiger partial charge in [0, 0.05) is 84.2 Å². The number of carbonyl (C=O) groups is 1. The molecule has 15 heteroatoms. The molecule has 0 saturated heterocycles. The first-order valence-electron chi connectivity index (χ1n) is 17.6. The molecule has 0 radical (unpaired) electrons. The predicted octanol–water partition coefficient (Wildman–Crippen LogP) is 6.86. The summed E-state index contributed by atoms with van der Waals surface area (Å²) < 4.78 is 18.0. The molecule has 5 aromatic rings. The molecule has 0 aliphatic carbocycles. The van der Waals surface area contributed by atoms with Crippen molar-refractivity contribution in [2.24, 2.45) is 4.99 Å². The van der Waals surface area contributed by atoms with E-state index in [4.69, 9.17) is 54.1 Å². The van der Waals surface area contributed by atoms with Gasteiger partial charge in [-0.2, -0.15) is 4.98 Å². The third-order valence-electron chi connectivity index (χ3n) is 8.64. The Kier molecular flexibility index (Phi) is 15.4. The minimum Gasteiger partial charge on any atom is -0.492 e. The summed E-state index contributed by atoms with van der Waals surface area (Å²) in [6.07, 6.45) is 4.99. The van der Waals surface area contributed by atoms with Gasteiger partial charge in [0.25, 0.3) is 0 Å². The highest BCUT2D eigenvalue weighted by molar-refractivity contribution is 6.38. The summed E-state index contributed by atoms with van der Waals surface area (Å²) in [4.78, 5) is 24.7. The van der Waals surface area contributed by atoms with Crippen LogP contribution in [0, 0.1) is 0 Å². The van der Waals surface area contributed by atoms with E-state index in [0.29, 0.717) is 46.4 Å². The number of carboxylic acids is 1. The van der Waals surface area contributed by atoms with Crippen molar-refractivity contribution in [2.45, 2.75) is 32.2 Å². The first-order valence-corrected chi connectivity index (χ1v) is 18.7. The summed E-state index contributed by atoms with van der Waals surface area (Å²) in [6.45, 7) is 2.43. The van der Waals surface area contributed by atoms with Gasteiger partial charge in [-0.1, -0.05) is 83.3 Å². The van der Waals surface area contributed by atoms with Crippen LogP contribution in [0.25, 0.3) is 22.3 Å². The fourth-order valence-corrected chi connectivity index (χ4v) is 6.33. The van der Waals surface area contributed by atoms with E-state index in [1.807, 2.05) is 66.7 Å². The van der Waals surface area contributed by atoms with Gasteiger partial charge in [-0.15, -0.1) is 0 Å². The zero-order valence-corrected chi connectivity index (χ0v) is 33.0. The Morgan fingerprint density at radius 1 is 0.857 bits per heavy atom. The van der Waals surface area contributed by atoms with Gasteiger partial charge in [-0.3, -0.25) is 20.1 Å². The van der Waals surface area contributed by atoms with Gasteiger partial charge in [-0.05, 0) is 36.8 Å². The molecule has 2 aromatic heterocycles. The topological polar surface area (TPSA) is 168 Å². The Labute approximate surface area is 340 Å². The number of halogens is 3. The maximum absolute atomic E-state index is 11.8. The quantitative estimate of drug-likeness (QED) is 0.0411. The van der Waals surface area contributed by atoms with Gasteiger partial charge in [0.1, 0.15) is 36.1 Å². The molecule has 3 aromatic carbocycles. The molecule has 0 saturated carbocycles. The molecule has 12 nitrogen and oxygen atoms in total. The number of rotatable bonds is 20. The zero-order chi connectivity index (χ0) is 40.1. The van der Waals surface area contributed by atoms with Crippen molar-refractivity contribution in [3.05, 3.63) is 123 Å². The lowest BCUT2D eigenvalue weighted by Gasteiger charge is -2.24. The Balaban J connectivity index is 1.36. The second kappa shape index (κ2) is 20.4. The summed E-state index contributed by atoms with van der Waals surface area (Å²) in [6, 6.07) is 22.4. The van der Waals surface area contributed by atoms with E-state index >= 15 is 0 Å². The van der Waals surface area contributed by atoms with Crippen LogP contribution >= 0.6 is 34.8 Å². The fourth-order valence-electron chi connectivity index (χ4n) is 5.48. The second-order valence-electron chi connectivity index (χ2n) is 12.8. The van der Waals surface area contributed by atoms with E-state index in [1.54, 1.807) is 31.7 Å². The van der Waals surface area contributed by atoms with Gasteiger partial charge < -0.3 is 34.8 Å². The SMILES string of the molecule is CN=Cc1cncc(COc2nc(OCc3cccc(-c4cccc(-c5ccc(OCCNCCO)cc5)c4Cl)c3Cl)c(Cl)cc2CN[C@@](C)(CO)C(=O)O)c1. The number of hydrogen-bond donors (Lipinski definition) is 5. The first kappa shape index (κ1) is 42.4. The standard InChI is InChI=1S/C41H42Cl3N5O7/c1-41(25-51,40(52)53)48-22-30-18-35(42)39(49-38(30)55-23-27-17-26(19-45-2)20-47-21-27)56-24-29-5-3-7-33(36(29)43)34-8-4-6-32(37(34)44)28-9-11-31(12-10-28)54-16-14-46-13-15-50/h3-12,17-21,46,48,50-51H,13-16,22-25H2,1-2H3,(H,52,53)/t41-/m0/s1. The van der Waals surface area contributed by atoms with Crippen molar-refractivity contribution in [3.63, 3.8) is 0 Å². The highest BCUT2D eigenvalue weighted by atomic mass is 35.5.